The molecule has 2 aromatic heterocycles. The Morgan fingerprint density at radius 2 is 2.07 bits per heavy atom. The largest absolute Gasteiger partial charge is 0.326 e. The van der Waals surface area contributed by atoms with Crippen LogP contribution in [0, 0.1) is 0 Å². The number of hydrogen-bond donors (Lipinski definition) is 2. The Morgan fingerprint density at radius 1 is 1.20 bits per heavy atom. The first-order valence-electron chi connectivity index (χ1n) is 4.16. The van der Waals surface area contributed by atoms with Gasteiger partial charge in [-0.1, -0.05) is 17.8 Å². The number of nitrogens with zero attached hydrogens (tertiary/aromatic N) is 1. The van der Waals surface area contributed by atoms with E-state index in [0.29, 0.717) is 5.03 Å². The number of nitrogens with one attached hydrogen (secondary N) is 2. The van der Waals surface area contributed by atoms with E-state index in [2.05, 4.69) is 15.0 Å². The zero-order valence-electron chi connectivity index (χ0n) is 7.56. The first-order valence-corrected chi connectivity index (χ1v) is 4.98. The fourth-order valence-electron chi connectivity index (χ4n) is 1.02. The number of H-pyrrole nitrogens is 2. The van der Waals surface area contributed by atoms with E-state index in [1.54, 1.807) is 18.3 Å². The first kappa shape index (κ1) is 9.72. The van der Waals surface area contributed by atoms with Gasteiger partial charge in [-0.3, -0.25) is 9.78 Å². The maximum Gasteiger partial charge on any atom is 0.326 e. The molecule has 15 heavy (non-hydrogen) atoms. The molecular weight excluding hydrogens is 214 g/mol. The summed E-state index contributed by atoms with van der Waals surface area (Å²) in [6.07, 6.45) is 1.65. The van der Waals surface area contributed by atoms with Crippen LogP contribution in [-0.2, 0) is 0 Å². The molecule has 0 radical (unpaired) electrons. The molecule has 0 amide bonds. The van der Waals surface area contributed by atoms with Gasteiger partial charge in [-0.15, -0.1) is 0 Å². The number of pyridine rings is 1. The van der Waals surface area contributed by atoms with E-state index in [-0.39, 0.29) is 0 Å². The van der Waals surface area contributed by atoms with Gasteiger partial charge in [-0.25, -0.2) is 9.78 Å². The molecule has 0 spiro atoms. The lowest BCUT2D eigenvalue weighted by Gasteiger charge is -1.98. The van der Waals surface area contributed by atoms with Crippen molar-refractivity contribution in [2.75, 3.05) is 0 Å². The summed E-state index contributed by atoms with van der Waals surface area (Å²) in [5, 5.41) is 1.20. The summed E-state index contributed by atoms with van der Waals surface area (Å²) in [5.41, 5.74) is -0.932. The first-order chi connectivity index (χ1) is 7.24. The standard InChI is InChI=1S/C9H7N3O2S/c13-6-5-8(12-9(14)11-6)15-7-3-1-2-4-10-7/h1-5H,(H2,11,12,13,14). The molecule has 5 nitrogen and oxygen atoms in total. The second-order valence-corrected chi connectivity index (χ2v) is 3.78. The van der Waals surface area contributed by atoms with Gasteiger partial charge in [0.2, 0.25) is 0 Å². The van der Waals surface area contributed by atoms with E-state index in [1.165, 1.54) is 17.8 Å². The van der Waals surface area contributed by atoms with Gasteiger partial charge in [0, 0.05) is 12.3 Å². The maximum absolute atomic E-state index is 11.0. The van der Waals surface area contributed by atoms with Crippen LogP contribution in [-0.4, -0.2) is 15.0 Å². The Kier molecular flexibility index (Phi) is 2.68. The Morgan fingerprint density at radius 3 is 2.73 bits per heavy atom. The Bertz CT molecular complexity index is 533. The molecule has 2 rings (SSSR count). The van der Waals surface area contributed by atoms with Crippen LogP contribution in [0.5, 0.6) is 0 Å². The van der Waals surface area contributed by atoms with Gasteiger partial charge in [0.1, 0.15) is 5.03 Å². The third-order valence-electron chi connectivity index (χ3n) is 1.59. The minimum atomic E-state index is -0.513. The summed E-state index contributed by atoms with van der Waals surface area (Å²) < 4.78 is 0. The predicted octanol–water partition coefficient (Wildman–Crippen LogP) is 0.609. The minimum absolute atomic E-state index is 0.419. The van der Waals surface area contributed by atoms with Crippen LogP contribution in [0.1, 0.15) is 0 Å². The molecule has 0 saturated heterocycles. The van der Waals surface area contributed by atoms with Gasteiger partial charge in [-0.05, 0) is 12.1 Å². The van der Waals surface area contributed by atoms with Crippen molar-refractivity contribution in [3.63, 3.8) is 0 Å². The van der Waals surface area contributed by atoms with Gasteiger partial charge in [0.15, 0.2) is 0 Å². The molecule has 2 aromatic rings. The SMILES string of the molecule is O=c1cc(Sc2ccccn2)[nH]c(=O)[nH]1. The van der Waals surface area contributed by atoms with Gasteiger partial charge in [-0.2, -0.15) is 0 Å². The molecule has 0 aromatic carbocycles. The summed E-state index contributed by atoms with van der Waals surface area (Å²) in [4.78, 5) is 30.6. The number of rotatable bonds is 2. The summed E-state index contributed by atoms with van der Waals surface area (Å²) in [7, 11) is 0. The summed E-state index contributed by atoms with van der Waals surface area (Å²) in [6, 6.07) is 6.75. The third kappa shape index (κ3) is 2.57. The van der Waals surface area contributed by atoms with Crippen molar-refractivity contribution >= 4 is 11.8 Å². The number of aromatic nitrogens is 3. The van der Waals surface area contributed by atoms with Crippen LogP contribution in [0.15, 0.2) is 50.1 Å². The zero-order valence-corrected chi connectivity index (χ0v) is 8.38. The Hall–Kier alpha value is -1.82. The smallest absolute Gasteiger partial charge is 0.302 e. The van der Waals surface area contributed by atoms with Crippen LogP contribution < -0.4 is 11.2 Å². The van der Waals surface area contributed by atoms with Crippen molar-refractivity contribution in [2.24, 2.45) is 0 Å². The molecular formula is C9H7N3O2S. The highest BCUT2D eigenvalue weighted by atomic mass is 32.2. The quantitative estimate of drug-likeness (QED) is 0.728. The molecule has 0 aliphatic carbocycles. The van der Waals surface area contributed by atoms with E-state index >= 15 is 0 Å². The van der Waals surface area contributed by atoms with Gasteiger partial charge < -0.3 is 4.98 Å². The monoisotopic (exact) mass is 221 g/mol. The molecule has 2 heterocycles. The van der Waals surface area contributed by atoms with Gasteiger partial charge in [0.25, 0.3) is 5.56 Å². The summed E-state index contributed by atoms with van der Waals surface area (Å²) in [5.74, 6) is 0. The molecule has 6 heteroatoms. The van der Waals surface area contributed by atoms with Crippen LogP contribution in [0.3, 0.4) is 0 Å². The number of aromatic amines is 2. The lowest BCUT2D eigenvalue weighted by Crippen LogP contribution is -2.21. The highest BCUT2D eigenvalue weighted by Crippen LogP contribution is 2.20. The lowest BCUT2D eigenvalue weighted by atomic mass is 10.5. The second kappa shape index (κ2) is 4.14. The third-order valence-corrected chi connectivity index (χ3v) is 2.48. The van der Waals surface area contributed by atoms with E-state index in [4.69, 9.17) is 0 Å². The van der Waals surface area contributed by atoms with Crippen molar-refractivity contribution in [3.8, 4) is 0 Å². The minimum Gasteiger partial charge on any atom is -0.302 e. The molecule has 0 aliphatic rings. The van der Waals surface area contributed by atoms with E-state index in [0.717, 1.165) is 5.03 Å². The summed E-state index contributed by atoms with van der Waals surface area (Å²) in [6.45, 7) is 0. The van der Waals surface area contributed by atoms with E-state index in [1.807, 2.05) is 6.07 Å². The average Bonchev–Trinajstić information content (AvgIpc) is 2.17. The molecule has 0 atom stereocenters. The Balaban J connectivity index is 2.33. The second-order valence-electron chi connectivity index (χ2n) is 2.72. The van der Waals surface area contributed by atoms with Crippen molar-refractivity contribution in [3.05, 3.63) is 51.3 Å². The van der Waals surface area contributed by atoms with Crippen molar-refractivity contribution < 1.29 is 0 Å². The highest BCUT2D eigenvalue weighted by molar-refractivity contribution is 7.99. The lowest BCUT2D eigenvalue weighted by molar-refractivity contribution is 0.946. The van der Waals surface area contributed by atoms with Crippen molar-refractivity contribution in [1.82, 2.24) is 15.0 Å². The van der Waals surface area contributed by atoms with Crippen LogP contribution in [0.2, 0.25) is 0 Å². The normalized spacial score (nSPS) is 10.1. The van der Waals surface area contributed by atoms with Crippen LogP contribution >= 0.6 is 11.8 Å². The number of hydrogen-bond acceptors (Lipinski definition) is 4. The van der Waals surface area contributed by atoms with E-state index in [9.17, 15) is 9.59 Å². The molecule has 0 bridgehead atoms. The average molecular weight is 221 g/mol. The zero-order chi connectivity index (χ0) is 10.7. The van der Waals surface area contributed by atoms with E-state index < -0.39 is 11.2 Å². The highest BCUT2D eigenvalue weighted by Gasteiger charge is 1.99. The molecule has 0 saturated carbocycles. The Labute approximate surface area is 88.6 Å². The van der Waals surface area contributed by atoms with Crippen molar-refractivity contribution in [1.29, 1.82) is 0 Å². The molecule has 0 aliphatic heterocycles. The fourth-order valence-corrected chi connectivity index (χ4v) is 1.82. The molecule has 76 valence electrons. The van der Waals surface area contributed by atoms with Crippen LogP contribution in [0.25, 0.3) is 0 Å². The maximum atomic E-state index is 11.0. The topological polar surface area (TPSA) is 78.6 Å². The molecule has 0 fully saturated rings. The molecule has 2 N–H and O–H groups in total. The van der Waals surface area contributed by atoms with Crippen LogP contribution in [0.4, 0.5) is 0 Å². The molecule has 0 unspecified atom stereocenters. The van der Waals surface area contributed by atoms with Gasteiger partial charge >= 0.3 is 5.69 Å². The van der Waals surface area contributed by atoms with Gasteiger partial charge in [0.05, 0.1) is 5.03 Å². The predicted molar refractivity (Wildman–Crippen MR) is 56.0 cm³/mol. The van der Waals surface area contributed by atoms with Crippen molar-refractivity contribution in [2.45, 2.75) is 10.1 Å². The summed E-state index contributed by atoms with van der Waals surface area (Å²) >= 11 is 1.23. The fraction of sp³-hybridized carbons (Fsp3) is 0.